The van der Waals surface area contributed by atoms with Gasteiger partial charge in [-0.25, -0.2) is 4.79 Å². The Balaban J connectivity index is 1.95. The van der Waals surface area contributed by atoms with Crippen molar-refractivity contribution in [3.8, 4) is 0 Å². The fraction of sp³-hybridized carbons (Fsp3) is 0.385. The van der Waals surface area contributed by atoms with Crippen LogP contribution < -0.4 is 5.32 Å². The number of morpholine rings is 1. The molecule has 0 atom stereocenters. The number of carbonyl (C=O) groups is 1. The van der Waals surface area contributed by atoms with Crippen LogP contribution in [0.15, 0.2) is 24.3 Å². The highest BCUT2D eigenvalue weighted by atomic mass is 32.1. The molecule has 19 heavy (non-hydrogen) atoms. The first kappa shape index (κ1) is 13.8. The Morgan fingerprint density at radius 2 is 1.95 bits per heavy atom. The van der Waals surface area contributed by atoms with Gasteiger partial charge in [0.15, 0.2) is 5.11 Å². The molecule has 1 fully saturated rings. The summed E-state index contributed by atoms with van der Waals surface area (Å²) in [7, 11) is 1.36. The standard InChI is InChI=1S/C13H16N2O3S/c1-17-12(16)10-2-4-11(5-3-10)14-13(19)15-6-8-18-9-7-15/h2-5H,6-9H2,1H3,(H,14,19). The first-order valence-electron chi connectivity index (χ1n) is 6.03. The third kappa shape index (κ3) is 3.65. The highest BCUT2D eigenvalue weighted by Crippen LogP contribution is 2.12. The fourth-order valence-electron chi connectivity index (χ4n) is 1.78. The summed E-state index contributed by atoms with van der Waals surface area (Å²) >= 11 is 5.33. The topological polar surface area (TPSA) is 50.8 Å². The molecule has 1 saturated heterocycles. The van der Waals surface area contributed by atoms with Crippen LogP contribution in [0.5, 0.6) is 0 Å². The number of ether oxygens (including phenoxy) is 2. The Morgan fingerprint density at radius 3 is 2.53 bits per heavy atom. The predicted molar refractivity (Wildman–Crippen MR) is 76.4 cm³/mol. The minimum absolute atomic E-state index is 0.345. The number of methoxy groups -OCH3 is 1. The number of hydrogen-bond acceptors (Lipinski definition) is 4. The Labute approximate surface area is 117 Å². The van der Waals surface area contributed by atoms with Gasteiger partial charge in [0.25, 0.3) is 0 Å². The van der Waals surface area contributed by atoms with Crippen molar-refractivity contribution in [3.63, 3.8) is 0 Å². The van der Waals surface area contributed by atoms with Crippen molar-refractivity contribution in [2.24, 2.45) is 0 Å². The maximum Gasteiger partial charge on any atom is 0.337 e. The zero-order valence-electron chi connectivity index (χ0n) is 10.7. The van der Waals surface area contributed by atoms with Gasteiger partial charge in [-0.05, 0) is 36.5 Å². The van der Waals surface area contributed by atoms with Crippen molar-refractivity contribution in [1.82, 2.24) is 4.90 Å². The fourth-order valence-corrected chi connectivity index (χ4v) is 2.08. The average Bonchev–Trinajstić information content (AvgIpc) is 2.48. The molecule has 0 aromatic heterocycles. The number of nitrogens with one attached hydrogen (secondary N) is 1. The van der Waals surface area contributed by atoms with Crippen LogP contribution in [0.25, 0.3) is 0 Å². The van der Waals surface area contributed by atoms with Crippen LogP contribution in [-0.4, -0.2) is 49.4 Å². The summed E-state index contributed by atoms with van der Waals surface area (Å²) in [6, 6.07) is 7.02. The molecule has 0 unspecified atom stereocenters. The van der Waals surface area contributed by atoms with Crippen molar-refractivity contribution in [1.29, 1.82) is 0 Å². The summed E-state index contributed by atoms with van der Waals surface area (Å²) in [5.74, 6) is -0.345. The molecule has 0 aliphatic carbocycles. The molecule has 0 spiro atoms. The number of hydrogen-bond donors (Lipinski definition) is 1. The predicted octanol–water partition coefficient (Wildman–Crippen LogP) is 1.50. The molecule has 1 aromatic carbocycles. The second-order valence-electron chi connectivity index (χ2n) is 4.10. The van der Waals surface area contributed by atoms with Crippen molar-refractivity contribution >= 4 is 29.0 Å². The average molecular weight is 280 g/mol. The van der Waals surface area contributed by atoms with E-state index in [2.05, 4.69) is 15.0 Å². The zero-order valence-corrected chi connectivity index (χ0v) is 11.5. The van der Waals surface area contributed by atoms with Crippen LogP contribution in [0.3, 0.4) is 0 Å². The van der Waals surface area contributed by atoms with Gasteiger partial charge in [0.1, 0.15) is 0 Å². The summed E-state index contributed by atoms with van der Waals surface area (Å²) in [6.07, 6.45) is 0. The minimum atomic E-state index is -0.345. The van der Waals surface area contributed by atoms with Crippen LogP contribution in [0.1, 0.15) is 10.4 Å². The van der Waals surface area contributed by atoms with Gasteiger partial charge in [0, 0.05) is 18.8 Å². The molecule has 6 heteroatoms. The van der Waals surface area contributed by atoms with E-state index in [-0.39, 0.29) is 5.97 Å². The van der Waals surface area contributed by atoms with Crippen molar-refractivity contribution in [2.45, 2.75) is 0 Å². The Bertz CT molecular complexity index is 455. The molecule has 2 rings (SSSR count). The molecule has 0 radical (unpaired) electrons. The lowest BCUT2D eigenvalue weighted by Gasteiger charge is -2.29. The van der Waals surface area contributed by atoms with E-state index in [0.29, 0.717) is 23.9 Å². The lowest BCUT2D eigenvalue weighted by molar-refractivity contribution is 0.0600. The zero-order chi connectivity index (χ0) is 13.7. The molecule has 0 bridgehead atoms. The highest BCUT2D eigenvalue weighted by molar-refractivity contribution is 7.80. The smallest absolute Gasteiger partial charge is 0.337 e. The summed E-state index contributed by atoms with van der Waals surface area (Å²) in [5.41, 5.74) is 1.37. The van der Waals surface area contributed by atoms with E-state index in [1.54, 1.807) is 24.3 Å². The largest absolute Gasteiger partial charge is 0.465 e. The Hall–Kier alpha value is -1.66. The third-order valence-corrected chi connectivity index (χ3v) is 3.22. The summed E-state index contributed by atoms with van der Waals surface area (Å²) in [6.45, 7) is 2.99. The molecule has 1 aliphatic rings. The number of nitrogens with zero attached hydrogens (tertiary/aromatic N) is 1. The first-order valence-corrected chi connectivity index (χ1v) is 6.43. The number of benzene rings is 1. The van der Waals surface area contributed by atoms with E-state index in [9.17, 15) is 4.79 Å². The van der Waals surface area contributed by atoms with E-state index >= 15 is 0 Å². The van der Waals surface area contributed by atoms with Crippen LogP contribution >= 0.6 is 12.2 Å². The van der Waals surface area contributed by atoms with Crippen molar-refractivity contribution in [3.05, 3.63) is 29.8 Å². The van der Waals surface area contributed by atoms with Crippen LogP contribution in [0, 0.1) is 0 Å². The van der Waals surface area contributed by atoms with E-state index in [4.69, 9.17) is 17.0 Å². The van der Waals surface area contributed by atoms with E-state index < -0.39 is 0 Å². The number of rotatable bonds is 2. The lowest BCUT2D eigenvalue weighted by Crippen LogP contribution is -2.42. The van der Waals surface area contributed by atoms with Crippen LogP contribution in [-0.2, 0) is 9.47 Å². The van der Waals surface area contributed by atoms with Crippen molar-refractivity contribution < 1.29 is 14.3 Å². The number of anilines is 1. The molecule has 102 valence electrons. The molecule has 1 aliphatic heterocycles. The lowest BCUT2D eigenvalue weighted by atomic mass is 10.2. The maximum atomic E-state index is 11.3. The molecule has 5 nitrogen and oxygen atoms in total. The van der Waals surface area contributed by atoms with Crippen LogP contribution in [0.4, 0.5) is 5.69 Å². The number of thiocarbonyl (C=S) groups is 1. The second-order valence-corrected chi connectivity index (χ2v) is 4.49. The van der Waals surface area contributed by atoms with Gasteiger partial charge >= 0.3 is 5.97 Å². The molecule has 1 N–H and O–H groups in total. The Morgan fingerprint density at radius 1 is 1.32 bits per heavy atom. The van der Waals surface area contributed by atoms with Gasteiger partial charge in [-0.1, -0.05) is 0 Å². The molecular formula is C13H16N2O3S. The first-order chi connectivity index (χ1) is 9.20. The molecule has 0 amide bonds. The Kier molecular flexibility index (Phi) is 4.70. The van der Waals surface area contributed by atoms with Gasteiger partial charge in [-0.2, -0.15) is 0 Å². The molecular weight excluding hydrogens is 264 g/mol. The van der Waals surface area contributed by atoms with Crippen molar-refractivity contribution in [2.75, 3.05) is 38.7 Å². The quantitative estimate of drug-likeness (QED) is 0.654. The van der Waals surface area contributed by atoms with Gasteiger partial charge in [-0.3, -0.25) is 0 Å². The summed E-state index contributed by atoms with van der Waals surface area (Å²) < 4.78 is 9.92. The highest BCUT2D eigenvalue weighted by Gasteiger charge is 2.13. The normalized spacial score (nSPS) is 14.9. The number of carbonyl (C=O) groups excluding carboxylic acids is 1. The monoisotopic (exact) mass is 280 g/mol. The van der Waals surface area contributed by atoms with E-state index in [1.807, 2.05) is 0 Å². The maximum absolute atomic E-state index is 11.3. The van der Waals surface area contributed by atoms with Gasteiger partial charge in [-0.15, -0.1) is 0 Å². The SMILES string of the molecule is COC(=O)c1ccc(NC(=S)N2CCOCC2)cc1. The number of esters is 1. The summed E-state index contributed by atoms with van der Waals surface area (Å²) in [5, 5.41) is 3.82. The minimum Gasteiger partial charge on any atom is -0.465 e. The van der Waals surface area contributed by atoms with Gasteiger partial charge in [0.2, 0.25) is 0 Å². The summed E-state index contributed by atoms with van der Waals surface area (Å²) in [4.78, 5) is 13.4. The molecule has 1 aromatic rings. The molecule has 0 saturated carbocycles. The molecule has 1 heterocycles. The van der Waals surface area contributed by atoms with Gasteiger partial charge < -0.3 is 19.7 Å². The van der Waals surface area contributed by atoms with E-state index in [0.717, 1.165) is 18.8 Å². The van der Waals surface area contributed by atoms with Crippen LogP contribution in [0.2, 0.25) is 0 Å². The van der Waals surface area contributed by atoms with Gasteiger partial charge in [0.05, 0.1) is 25.9 Å². The third-order valence-electron chi connectivity index (χ3n) is 2.86. The van der Waals surface area contributed by atoms with E-state index in [1.165, 1.54) is 7.11 Å². The second kappa shape index (κ2) is 6.49.